The molecule has 1 rings (SSSR count). The highest BCUT2D eigenvalue weighted by molar-refractivity contribution is 8.68. The van der Waals surface area contributed by atoms with E-state index in [1.807, 2.05) is 0 Å². The third kappa shape index (κ3) is 1.38. The van der Waals surface area contributed by atoms with Crippen molar-refractivity contribution in [2.75, 3.05) is 0 Å². The van der Waals surface area contributed by atoms with Crippen LogP contribution in [0.5, 0.6) is 0 Å². The van der Waals surface area contributed by atoms with E-state index in [0.29, 0.717) is 0 Å². The van der Waals surface area contributed by atoms with Crippen LogP contribution in [-0.4, -0.2) is 9.97 Å². The summed E-state index contributed by atoms with van der Waals surface area (Å²) in [5.41, 5.74) is 0. The van der Waals surface area contributed by atoms with Crippen LogP contribution >= 0.6 is 22.5 Å². The summed E-state index contributed by atoms with van der Waals surface area (Å²) < 4.78 is 0. The fourth-order valence-electron chi connectivity index (χ4n) is 0.333. The van der Waals surface area contributed by atoms with Gasteiger partial charge in [-0.15, -0.1) is 11.7 Å². The Labute approximate surface area is 56.5 Å². The van der Waals surface area contributed by atoms with Gasteiger partial charge in [0, 0.05) is 6.20 Å². The maximum atomic E-state index is 3.94. The van der Waals surface area contributed by atoms with E-state index in [1.54, 1.807) is 12.3 Å². The lowest BCUT2D eigenvalue weighted by Crippen LogP contribution is -1.75. The molecule has 0 spiro atoms. The Balaban J connectivity index is 2.83. The fourth-order valence-corrected chi connectivity index (χ4v) is 0.873. The summed E-state index contributed by atoms with van der Waals surface area (Å²) >= 11 is 3.94. The number of nitrogens with zero attached hydrogens (tertiary/aromatic N) is 2. The molecule has 42 valence electrons. The van der Waals surface area contributed by atoms with Gasteiger partial charge < -0.3 is 0 Å². The lowest BCUT2D eigenvalue weighted by molar-refractivity contribution is 1.05. The van der Waals surface area contributed by atoms with E-state index in [4.69, 9.17) is 0 Å². The van der Waals surface area contributed by atoms with Crippen molar-refractivity contribution in [2.24, 2.45) is 0 Å². The normalized spacial score (nSPS) is 9.12. The predicted molar refractivity (Wildman–Crippen MR) is 36.9 cm³/mol. The zero-order valence-corrected chi connectivity index (χ0v) is 5.69. The van der Waals surface area contributed by atoms with Gasteiger partial charge in [0.15, 0.2) is 0 Å². The third-order valence-corrected chi connectivity index (χ3v) is 1.64. The molecule has 0 fully saturated rings. The summed E-state index contributed by atoms with van der Waals surface area (Å²) in [6.07, 6.45) is 3.18. The van der Waals surface area contributed by atoms with Gasteiger partial charge >= 0.3 is 0 Å². The molecule has 0 amide bonds. The molecular formula is C4H4N2S2. The minimum Gasteiger partial charge on any atom is -0.245 e. The Kier molecular flexibility index (Phi) is 2.17. The highest BCUT2D eigenvalue weighted by atomic mass is 33.1. The Hall–Kier alpha value is -0.220. The first-order valence-corrected chi connectivity index (χ1v) is 3.88. The van der Waals surface area contributed by atoms with Crippen LogP contribution in [0.25, 0.3) is 0 Å². The van der Waals surface area contributed by atoms with Crippen LogP contribution in [0.3, 0.4) is 0 Å². The van der Waals surface area contributed by atoms with E-state index >= 15 is 0 Å². The molecule has 2 nitrogen and oxygen atoms in total. The van der Waals surface area contributed by atoms with Crippen molar-refractivity contribution in [1.29, 1.82) is 0 Å². The molecule has 1 heterocycles. The lowest BCUT2D eigenvalue weighted by atomic mass is 10.7. The van der Waals surface area contributed by atoms with Crippen molar-refractivity contribution in [3.8, 4) is 0 Å². The van der Waals surface area contributed by atoms with E-state index in [0.717, 1.165) is 5.03 Å². The standard InChI is InChI=1S/C4H4N2S2/c7-8-4-1-2-5-3-6-4/h1-3,7H. The highest BCUT2D eigenvalue weighted by Gasteiger charge is 1.84. The van der Waals surface area contributed by atoms with Crippen molar-refractivity contribution >= 4 is 22.5 Å². The molecule has 1 aromatic heterocycles. The van der Waals surface area contributed by atoms with Crippen LogP contribution < -0.4 is 0 Å². The summed E-state index contributed by atoms with van der Waals surface area (Å²) in [6, 6.07) is 1.80. The zero-order valence-electron chi connectivity index (χ0n) is 3.98. The van der Waals surface area contributed by atoms with Crippen LogP contribution in [0.4, 0.5) is 0 Å². The topological polar surface area (TPSA) is 25.8 Å². The minimum atomic E-state index is 0.878. The lowest BCUT2D eigenvalue weighted by Gasteiger charge is -1.86. The molecule has 0 atom stereocenters. The molecule has 0 N–H and O–H groups in total. The minimum absolute atomic E-state index is 0.878. The van der Waals surface area contributed by atoms with Gasteiger partial charge in [-0.25, -0.2) is 9.97 Å². The van der Waals surface area contributed by atoms with Crippen LogP contribution in [-0.2, 0) is 0 Å². The maximum Gasteiger partial charge on any atom is 0.116 e. The molecule has 0 bridgehead atoms. The molecule has 0 aliphatic carbocycles. The van der Waals surface area contributed by atoms with Crippen molar-refractivity contribution in [1.82, 2.24) is 9.97 Å². The Bertz CT molecular complexity index is 153. The Morgan fingerprint density at radius 1 is 1.62 bits per heavy atom. The van der Waals surface area contributed by atoms with Gasteiger partial charge in [-0.2, -0.15) is 0 Å². The van der Waals surface area contributed by atoms with Gasteiger partial charge in [0.25, 0.3) is 0 Å². The van der Waals surface area contributed by atoms with Crippen molar-refractivity contribution in [3.05, 3.63) is 18.6 Å². The number of hydrogen-bond donors (Lipinski definition) is 1. The Morgan fingerprint density at radius 2 is 2.50 bits per heavy atom. The summed E-state index contributed by atoms with van der Waals surface area (Å²) in [5.74, 6) is 0. The van der Waals surface area contributed by atoms with Crippen LogP contribution in [0, 0.1) is 0 Å². The van der Waals surface area contributed by atoms with E-state index in [1.165, 1.54) is 17.1 Å². The van der Waals surface area contributed by atoms with Crippen LogP contribution in [0.15, 0.2) is 23.6 Å². The predicted octanol–water partition coefficient (Wildman–Crippen LogP) is 1.41. The zero-order chi connectivity index (χ0) is 5.82. The van der Waals surface area contributed by atoms with E-state index in [2.05, 4.69) is 21.6 Å². The Morgan fingerprint density at radius 3 is 2.88 bits per heavy atom. The second-order valence-corrected chi connectivity index (χ2v) is 2.29. The number of hydrogen-bond acceptors (Lipinski definition) is 4. The molecule has 0 unspecified atom stereocenters. The quantitative estimate of drug-likeness (QED) is 0.366. The van der Waals surface area contributed by atoms with Gasteiger partial charge in [-0.1, -0.05) is 0 Å². The largest absolute Gasteiger partial charge is 0.245 e. The first kappa shape index (κ1) is 5.91. The van der Waals surface area contributed by atoms with Gasteiger partial charge in [-0.3, -0.25) is 0 Å². The third-order valence-electron chi connectivity index (χ3n) is 0.648. The first-order chi connectivity index (χ1) is 3.93. The fraction of sp³-hybridized carbons (Fsp3) is 0. The molecule has 0 saturated carbocycles. The van der Waals surface area contributed by atoms with E-state index in [-0.39, 0.29) is 0 Å². The second-order valence-electron chi connectivity index (χ2n) is 1.14. The summed E-state index contributed by atoms with van der Waals surface area (Å²) in [4.78, 5) is 7.61. The van der Waals surface area contributed by atoms with Gasteiger partial charge in [0.2, 0.25) is 0 Å². The van der Waals surface area contributed by atoms with Crippen molar-refractivity contribution in [3.63, 3.8) is 0 Å². The van der Waals surface area contributed by atoms with Gasteiger partial charge in [-0.05, 0) is 16.9 Å². The molecule has 0 aliphatic rings. The average Bonchev–Trinajstić information content (AvgIpc) is 1.90. The average molecular weight is 144 g/mol. The monoisotopic (exact) mass is 144 g/mol. The number of thiol groups is 1. The second kappa shape index (κ2) is 2.94. The maximum absolute atomic E-state index is 3.94. The van der Waals surface area contributed by atoms with E-state index < -0.39 is 0 Å². The SMILES string of the molecule is SSc1ccncn1. The molecule has 0 aromatic carbocycles. The number of aromatic nitrogens is 2. The first-order valence-electron chi connectivity index (χ1n) is 2.01. The highest BCUT2D eigenvalue weighted by Crippen LogP contribution is 2.15. The van der Waals surface area contributed by atoms with Crippen molar-refractivity contribution in [2.45, 2.75) is 5.03 Å². The number of rotatable bonds is 1. The molecule has 0 saturated heterocycles. The summed E-state index contributed by atoms with van der Waals surface area (Å²) in [6.45, 7) is 0. The molecule has 0 aliphatic heterocycles. The summed E-state index contributed by atoms with van der Waals surface area (Å²) in [7, 11) is 1.31. The van der Waals surface area contributed by atoms with Gasteiger partial charge in [0.05, 0.1) is 0 Å². The molecular weight excluding hydrogens is 140 g/mol. The molecule has 0 radical (unpaired) electrons. The smallest absolute Gasteiger partial charge is 0.116 e. The molecule has 1 aromatic rings. The van der Waals surface area contributed by atoms with Gasteiger partial charge in [0.1, 0.15) is 11.4 Å². The van der Waals surface area contributed by atoms with Crippen molar-refractivity contribution < 1.29 is 0 Å². The summed E-state index contributed by atoms with van der Waals surface area (Å²) in [5, 5.41) is 0.878. The van der Waals surface area contributed by atoms with E-state index in [9.17, 15) is 0 Å². The van der Waals surface area contributed by atoms with Crippen LogP contribution in [0.2, 0.25) is 0 Å². The molecule has 4 heteroatoms. The molecule has 8 heavy (non-hydrogen) atoms. The van der Waals surface area contributed by atoms with Crippen LogP contribution in [0.1, 0.15) is 0 Å².